The number of guanidine groups is 1. The van der Waals surface area contributed by atoms with Gasteiger partial charge in [-0.05, 0) is 18.1 Å². The van der Waals surface area contributed by atoms with Crippen LogP contribution in [0.2, 0.25) is 0 Å². The van der Waals surface area contributed by atoms with Crippen molar-refractivity contribution < 1.29 is 17.9 Å². The zero-order valence-electron chi connectivity index (χ0n) is 15.9. The van der Waals surface area contributed by atoms with Crippen LogP contribution in [0.15, 0.2) is 29.3 Å². The number of aliphatic imine (C=N–C) groups is 1. The van der Waals surface area contributed by atoms with Gasteiger partial charge in [0.05, 0.1) is 12.2 Å². The highest BCUT2D eigenvalue weighted by Crippen LogP contribution is 2.32. The first-order chi connectivity index (χ1) is 12.1. The summed E-state index contributed by atoms with van der Waals surface area (Å²) in [5.41, 5.74) is -0.456. The summed E-state index contributed by atoms with van der Waals surface area (Å²) in [6, 6.07) is 5.52. The fourth-order valence-corrected chi connectivity index (χ4v) is 3.10. The molecule has 0 aromatic heterocycles. The molecule has 1 saturated heterocycles. The summed E-state index contributed by atoms with van der Waals surface area (Å²) < 4.78 is 44.3. The highest BCUT2D eigenvalue weighted by atomic mass is 19.4. The molecular formula is C19H28F3N3O. The zero-order chi connectivity index (χ0) is 19.4. The minimum Gasteiger partial charge on any atom is -0.381 e. The highest BCUT2D eigenvalue weighted by Gasteiger charge is 2.32. The van der Waals surface area contributed by atoms with E-state index in [9.17, 15) is 13.2 Å². The molecule has 26 heavy (non-hydrogen) atoms. The molecule has 7 heteroatoms. The molecule has 0 saturated carbocycles. The van der Waals surface area contributed by atoms with Gasteiger partial charge in [-0.15, -0.1) is 0 Å². The van der Waals surface area contributed by atoms with Crippen LogP contribution < -0.4 is 5.32 Å². The van der Waals surface area contributed by atoms with E-state index in [2.05, 4.69) is 10.3 Å². The van der Waals surface area contributed by atoms with Gasteiger partial charge in [0.1, 0.15) is 0 Å². The average molecular weight is 371 g/mol. The molecule has 1 aliphatic heterocycles. The molecular weight excluding hydrogens is 343 g/mol. The van der Waals surface area contributed by atoms with Gasteiger partial charge >= 0.3 is 6.18 Å². The van der Waals surface area contributed by atoms with Gasteiger partial charge < -0.3 is 15.0 Å². The molecule has 1 aromatic carbocycles. The molecule has 4 nitrogen and oxygen atoms in total. The summed E-state index contributed by atoms with van der Waals surface area (Å²) in [6.45, 7) is 6.72. The monoisotopic (exact) mass is 371 g/mol. The van der Waals surface area contributed by atoms with Crippen LogP contribution in [0.1, 0.15) is 31.4 Å². The lowest BCUT2D eigenvalue weighted by Crippen LogP contribution is -2.45. The lowest BCUT2D eigenvalue weighted by molar-refractivity contribution is -0.137. The summed E-state index contributed by atoms with van der Waals surface area (Å²) in [7, 11) is 3.67. The van der Waals surface area contributed by atoms with Crippen molar-refractivity contribution in [2.45, 2.75) is 31.9 Å². The van der Waals surface area contributed by atoms with Crippen LogP contribution in [0.4, 0.5) is 13.2 Å². The van der Waals surface area contributed by atoms with Crippen LogP contribution in [0.25, 0.3) is 0 Å². The highest BCUT2D eigenvalue weighted by molar-refractivity contribution is 5.79. The van der Waals surface area contributed by atoms with E-state index in [1.807, 2.05) is 25.8 Å². The summed E-state index contributed by atoms with van der Waals surface area (Å²) in [5, 5.41) is 3.29. The largest absolute Gasteiger partial charge is 0.416 e. The SMILES string of the molecule is CN=C(NCC(C)(C)c1cccc(C(F)(F)F)c1)N(C)CC1CCOC1. The van der Waals surface area contributed by atoms with Gasteiger partial charge in [0, 0.05) is 45.1 Å². The van der Waals surface area contributed by atoms with Crippen molar-refractivity contribution in [1.82, 2.24) is 10.2 Å². The van der Waals surface area contributed by atoms with Gasteiger partial charge in [-0.2, -0.15) is 13.2 Å². The molecule has 1 heterocycles. The molecule has 146 valence electrons. The van der Waals surface area contributed by atoms with Crippen LogP contribution in [-0.4, -0.2) is 51.3 Å². The van der Waals surface area contributed by atoms with E-state index in [0.29, 0.717) is 18.0 Å². The molecule has 1 aromatic rings. The van der Waals surface area contributed by atoms with Crippen molar-refractivity contribution >= 4 is 5.96 Å². The van der Waals surface area contributed by atoms with Crippen molar-refractivity contribution in [3.05, 3.63) is 35.4 Å². The minimum atomic E-state index is -4.33. The molecule has 0 amide bonds. The molecule has 0 radical (unpaired) electrons. The minimum absolute atomic E-state index is 0.478. The molecule has 1 fully saturated rings. The van der Waals surface area contributed by atoms with Crippen molar-refractivity contribution in [1.29, 1.82) is 0 Å². The molecule has 2 rings (SSSR count). The maximum atomic E-state index is 13.0. The summed E-state index contributed by atoms with van der Waals surface area (Å²) in [5.74, 6) is 1.21. The third kappa shape index (κ3) is 5.37. The van der Waals surface area contributed by atoms with Crippen LogP contribution >= 0.6 is 0 Å². The Hall–Kier alpha value is -1.76. The number of halogens is 3. The summed E-state index contributed by atoms with van der Waals surface area (Å²) in [6.07, 6.45) is -3.30. The summed E-state index contributed by atoms with van der Waals surface area (Å²) >= 11 is 0. The Labute approximate surface area is 153 Å². The number of nitrogens with one attached hydrogen (secondary N) is 1. The lowest BCUT2D eigenvalue weighted by atomic mass is 9.84. The van der Waals surface area contributed by atoms with Gasteiger partial charge in [0.2, 0.25) is 0 Å². The number of rotatable bonds is 5. The van der Waals surface area contributed by atoms with Crippen molar-refractivity contribution in [2.75, 3.05) is 40.4 Å². The zero-order valence-corrected chi connectivity index (χ0v) is 15.9. The first-order valence-electron chi connectivity index (χ1n) is 8.81. The van der Waals surface area contributed by atoms with Gasteiger partial charge in [-0.25, -0.2) is 0 Å². The summed E-state index contributed by atoms with van der Waals surface area (Å²) in [4.78, 5) is 6.34. The lowest BCUT2D eigenvalue weighted by Gasteiger charge is -2.30. The molecule has 0 aliphatic carbocycles. The van der Waals surface area contributed by atoms with Gasteiger partial charge in [0.25, 0.3) is 0 Å². The number of benzene rings is 1. The van der Waals surface area contributed by atoms with Crippen LogP contribution in [0.3, 0.4) is 0 Å². The Morgan fingerprint density at radius 1 is 1.31 bits per heavy atom. The van der Waals surface area contributed by atoms with Crippen LogP contribution in [0, 0.1) is 5.92 Å². The van der Waals surface area contributed by atoms with E-state index in [-0.39, 0.29) is 0 Å². The van der Waals surface area contributed by atoms with E-state index in [0.717, 1.165) is 38.2 Å². The number of hydrogen-bond acceptors (Lipinski definition) is 2. The Balaban J connectivity index is 2.01. The predicted octanol–water partition coefficient (Wildman–Crippen LogP) is 3.53. The van der Waals surface area contributed by atoms with Gasteiger partial charge in [-0.1, -0.05) is 32.0 Å². The van der Waals surface area contributed by atoms with E-state index in [1.54, 1.807) is 13.1 Å². The molecule has 1 unspecified atom stereocenters. The molecule has 0 bridgehead atoms. The molecule has 1 atom stereocenters. The third-order valence-electron chi connectivity index (χ3n) is 4.79. The average Bonchev–Trinajstić information content (AvgIpc) is 3.07. The van der Waals surface area contributed by atoms with Crippen molar-refractivity contribution in [2.24, 2.45) is 10.9 Å². The van der Waals surface area contributed by atoms with Crippen molar-refractivity contribution in [3.8, 4) is 0 Å². The number of hydrogen-bond donors (Lipinski definition) is 1. The van der Waals surface area contributed by atoms with Crippen LogP contribution in [0.5, 0.6) is 0 Å². The first kappa shape index (κ1) is 20.6. The fourth-order valence-electron chi connectivity index (χ4n) is 3.10. The number of nitrogens with zero attached hydrogens (tertiary/aromatic N) is 2. The topological polar surface area (TPSA) is 36.9 Å². The van der Waals surface area contributed by atoms with E-state index in [1.165, 1.54) is 12.1 Å². The van der Waals surface area contributed by atoms with E-state index >= 15 is 0 Å². The predicted molar refractivity (Wildman–Crippen MR) is 97.4 cm³/mol. The number of alkyl halides is 3. The normalized spacial score (nSPS) is 18.9. The number of ether oxygens (including phenoxy) is 1. The van der Waals surface area contributed by atoms with Gasteiger partial charge in [0.15, 0.2) is 5.96 Å². The molecule has 1 N–H and O–H groups in total. The standard InChI is InChI=1S/C19H28F3N3O/c1-18(2,15-6-5-7-16(10-15)19(20,21)22)13-24-17(23-3)25(4)11-14-8-9-26-12-14/h5-7,10,14H,8-9,11-13H2,1-4H3,(H,23,24). The fraction of sp³-hybridized carbons (Fsp3) is 0.632. The van der Waals surface area contributed by atoms with E-state index < -0.39 is 17.2 Å². The quantitative estimate of drug-likeness (QED) is 0.636. The Morgan fingerprint density at radius 2 is 2.00 bits per heavy atom. The first-order valence-corrected chi connectivity index (χ1v) is 8.81. The van der Waals surface area contributed by atoms with Crippen molar-refractivity contribution in [3.63, 3.8) is 0 Å². The molecule has 0 spiro atoms. The second kappa shape index (κ2) is 8.29. The Bertz CT molecular complexity index is 623. The second-order valence-electron chi connectivity index (χ2n) is 7.47. The second-order valence-corrected chi connectivity index (χ2v) is 7.47. The van der Waals surface area contributed by atoms with Gasteiger partial charge in [-0.3, -0.25) is 4.99 Å². The van der Waals surface area contributed by atoms with E-state index in [4.69, 9.17) is 4.74 Å². The van der Waals surface area contributed by atoms with Crippen LogP contribution in [-0.2, 0) is 16.3 Å². The smallest absolute Gasteiger partial charge is 0.381 e. The maximum absolute atomic E-state index is 13.0. The molecule has 1 aliphatic rings. The maximum Gasteiger partial charge on any atom is 0.416 e. The Morgan fingerprint density at radius 3 is 2.58 bits per heavy atom. The third-order valence-corrected chi connectivity index (χ3v) is 4.79. The Kier molecular flexibility index (Phi) is 6.55.